The van der Waals surface area contributed by atoms with Gasteiger partial charge in [0.15, 0.2) is 0 Å². The molecule has 5 nitrogen and oxygen atoms in total. The molecule has 0 saturated carbocycles. The molecule has 1 N–H and O–H groups in total. The van der Waals surface area contributed by atoms with E-state index in [1.807, 2.05) is 24.3 Å². The van der Waals surface area contributed by atoms with Gasteiger partial charge in [0.1, 0.15) is 11.5 Å². The van der Waals surface area contributed by atoms with Gasteiger partial charge in [0.25, 0.3) is 10.1 Å². The minimum absolute atomic E-state index is 0. The van der Waals surface area contributed by atoms with Crippen LogP contribution in [0, 0.1) is 0 Å². The van der Waals surface area contributed by atoms with E-state index >= 15 is 0 Å². The van der Waals surface area contributed by atoms with Gasteiger partial charge >= 0.3 is 29.6 Å². The molecule has 0 aromatic heterocycles. The van der Waals surface area contributed by atoms with Crippen LogP contribution in [-0.4, -0.2) is 13.0 Å². The van der Waals surface area contributed by atoms with Gasteiger partial charge < -0.3 is 9.84 Å². The molecule has 2 aromatic rings. The summed E-state index contributed by atoms with van der Waals surface area (Å²) < 4.78 is 36.8. The van der Waals surface area contributed by atoms with E-state index in [2.05, 4.69) is 6.92 Å². The Labute approximate surface area is 209 Å². The topological polar surface area (TPSA) is 86.7 Å². The Hall–Kier alpha value is -1.05. The van der Waals surface area contributed by atoms with Gasteiger partial charge in [-0.2, -0.15) is 8.42 Å². The van der Waals surface area contributed by atoms with Crippen LogP contribution in [0.4, 0.5) is 0 Å². The number of ether oxygens (including phenoxy) is 1. The van der Waals surface area contributed by atoms with Crippen molar-refractivity contribution in [1.29, 1.82) is 0 Å². The van der Waals surface area contributed by atoms with Gasteiger partial charge in [-0.05, 0) is 48.7 Å². The van der Waals surface area contributed by atoms with Gasteiger partial charge in [0, 0.05) is 0 Å². The van der Waals surface area contributed by atoms with Gasteiger partial charge in [-0.15, -0.1) is 0 Å². The molecule has 0 unspecified atom stereocenters. The third-order valence-corrected chi connectivity index (χ3v) is 6.06. The van der Waals surface area contributed by atoms with E-state index in [1.165, 1.54) is 75.8 Å². The first kappa shape index (κ1) is 28.0. The Morgan fingerprint density at radius 3 is 1.84 bits per heavy atom. The number of rotatable bonds is 14. The molecule has 7 heteroatoms. The van der Waals surface area contributed by atoms with Crippen LogP contribution < -0.4 is 39.4 Å². The van der Waals surface area contributed by atoms with E-state index in [1.54, 1.807) is 0 Å². The summed E-state index contributed by atoms with van der Waals surface area (Å²) in [5, 5.41) is 11.8. The normalized spacial score (nSPS) is 11.2. The van der Waals surface area contributed by atoms with Crippen LogP contribution in [0.2, 0.25) is 0 Å². The first-order valence-electron chi connectivity index (χ1n) is 11.0. The number of hydrogen-bond donors (Lipinski definition) is 1. The van der Waals surface area contributed by atoms with Gasteiger partial charge in [0.05, 0.1) is 4.90 Å². The SMILES string of the molecule is CCCCCCCCCCCCc1ccc(Oc2ccc(S(=O)(=O)O)c([O-])c2)cc1.[Na+]. The fourth-order valence-electron chi connectivity index (χ4n) is 3.44. The zero-order valence-corrected chi connectivity index (χ0v) is 21.6. The van der Waals surface area contributed by atoms with Crippen molar-refractivity contribution in [1.82, 2.24) is 0 Å². The summed E-state index contributed by atoms with van der Waals surface area (Å²) in [4.78, 5) is -0.651. The zero-order valence-electron chi connectivity index (χ0n) is 18.8. The largest absolute Gasteiger partial charge is 1.00 e. The molecule has 0 fully saturated rings. The van der Waals surface area contributed by atoms with Gasteiger partial charge in [-0.3, -0.25) is 4.55 Å². The number of hydrogen-bond acceptors (Lipinski definition) is 4. The van der Waals surface area contributed by atoms with E-state index in [9.17, 15) is 13.5 Å². The Morgan fingerprint density at radius 1 is 0.806 bits per heavy atom. The second kappa shape index (κ2) is 14.9. The van der Waals surface area contributed by atoms with Gasteiger partial charge in [-0.25, -0.2) is 0 Å². The van der Waals surface area contributed by atoms with E-state index in [-0.39, 0.29) is 35.3 Å². The molecule has 0 amide bonds. The molecule has 0 aliphatic rings. The van der Waals surface area contributed by atoms with Crippen LogP contribution in [-0.2, 0) is 16.5 Å². The first-order chi connectivity index (χ1) is 14.4. The Bertz CT molecular complexity index is 866. The van der Waals surface area contributed by atoms with Crippen LogP contribution in [0.5, 0.6) is 17.2 Å². The second-order valence-electron chi connectivity index (χ2n) is 7.76. The van der Waals surface area contributed by atoms with E-state index < -0.39 is 20.8 Å². The summed E-state index contributed by atoms with van der Waals surface area (Å²) in [6, 6.07) is 11.1. The van der Waals surface area contributed by atoms with E-state index in [0.29, 0.717) is 5.75 Å². The van der Waals surface area contributed by atoms with Crippen LogP contribution in [0.1, 0.15) is 76.7 Å². The number of unbranched alkanes of at least 4 members (excludes halogenated alkanes) is 9. The van der Waals surface area contributed by atoms with Crippen LogP contribution in [0.15, 0.2) is 47.4 Å². The molecule has 0 heterocycles. The molecule has 0 radical (unpaired) electrons. The Balaban J connectivity index is 0.00000480. The van der Waals surface area contributed by atoms with Crippen molar-refractivity contribution in [3.8, 4) is 17.2 Å². The van der Waals surface area contributed by atoms with Crippen molar-refractivity contribution in [3.63, 3.8) is 0 Å². The third kappa shape index (κ3) is 10.9. The van der Waals surface area contributed by atoms with Crippen molar-refractivity contribution in [2.45, 2.75) is 82.4 Å². The average Bonchev–Trinajstić information content (AvgIpc) is 2.70. The predicted octanol–water partition coefficient (Wildman–Crippen LogP) is 3.27. The maximum absolute atomic E-state index is 11.8. The molecule has 0 bridgehead atoms. The van der Waals surface area contributed by atoms with Crippen molar-refractivity contribution in [2.75, 3.05) is 0 Å². The molecule has 31 heavy (non-hydrogen) atoms. The smallest absolute Gasteiger partial charge is 0.871 e. The van der Waals surface area contributed by atoms with E-state index in [0.717, 1.165) is 18.6 Å². The molecule has 0 atom stereocenters. The third-order valence-electron chi connectivity index (χ3n) is 5.17. The predicted molar refractivity (Wildman–Crippen MR) is 118 cm³/mol. The monoisotopic (exact) mass is 456 g/mol. The molecular weight excluding hydrogens is 423 g/mol. The number of benzene rings is 2. The van der Waals surface area contributed by atoms with Crippen molar-refractivity contribution in [2.24, 2.45) is 0 Å². The van der Waals surface area contributed by atoms with Crippen LogP contribution >= 0.6 is 0 Å². The summed E-state index contributed by atoms with van der Waals surface area (Å²) in [5.74, 6) is 0.00301. The fraction of sp³-hybridized carbons (Fsp3) is 0.500. The molecular formula is C24H33NaO5S. The van der Waals surface area contributed by atoms with Crippen LogP contribution in [0.25, 0.3) is 0 Å². The second-order valence-corrected chi connectivity index (χ2v) is 9.15. The summed E-state index contributed by atoms with van der Waals surface area (Å²) in [7, 11) is -4.52. The molecule has 0 spiro atoms. The minimum Gasteiger partial charge on any atom is -0.871 e. The standard InChI is InChI=1S/C24H34O5S.Na/c1-2-3-4-5-6-7-8-9-10-11-12-20-13-15-21(16-14-20)29-22-17-18-24(23(25)19-22)30(26,27)28;/h13-19,25H,2-12H2,1H3,(H,26,27,28);/q;+1/p-1. The maximum Gasteiger partial charge on any atom is 1.00 e. The van der Waals surface area contributed by atoms with Crippen LogP contribution in [0.3, 0.4) is 0 Å². The zero-order chi connectivity index (χ0) is 21.8. The summed E-state index contributed by atoms with van der Waals surface area (Å²) in [5.41, 5.74) is 1.24. The summed E-state index contributed by atoms with van der Waals surface area (Å²) >= 11 is 0. The van der Waals surface area contributed by atoms with Gasteiger partial charge in [-0.1, -0.05) is 82.6 Å². The molecule has 2 rings (SSSR count). The van der Waals surface area contributed by atoms with Crippen molar-refractivity contribution in [3.05, 3.63) is 48.0 Å². The van der Waals surface area contributed by atoms with Crippen molar-refractivity contribution >= 4 is 10.1 Å². The summed E-state index contributed by atoms with van der Waals surface area (Å²) in [6.07, 6.45) is 14.2. The fourth-order valence-corrected chi connectivity index (χ4v) is 3.99. The molecule has 0 aliphatic carbocycles. The Morgan fingerprint density at radius 2 is 1.32 bits per heavy atom. The summed E-state index contributed by atoms with van der Waals surface area (Å²) in [6.45, 7) is 2.25. The minimum atomic E-state index is -4.52. The van der Waals surface area contributed by atoms with Gasteiger partial charge in [0.2, 0.25) is 0 Å². The average molecular weight is 457 g/mol. The van der Waals surface area contributed by atoms with E-state index in [4.69, 9.17) is 9.29 Å². The van der Waals surface area contributed by atoms with Crippen molar-refractivity contribution < 1.29 is 52.4 Å². The molecule has 166 valence electrons. The first-order valence-corrected chi connectivity index (χ1v) is 12.4. The maximum atomic E-state index is 11.8. The number of aryl methyl sites for hydroxylation is 1. The molecule has 2 aromatic carbocycles. The Kier molecular flexibility index (Phi) is 13.5. The molecule has 0 saturated heterocycles. The molecule has 0 aliphatic heterocycles. The quantitative estimate of drug-likeness (QED) is 0.268.